The Hall–Kier alpha value is -1.60. The molecule has 0 bridgehead atoms. The zero-order valence-electron chi connectivity index (χ0n) is 9.03. The van der Waals surface area contributed by atoms with Crippen LogP contribution in [0, 0.1) is 11.3 Å². The molecule has 1 aromatic heterocycles. The SMILES string of the molecule is CCOC(=O)C(C)(C#N)c1ncccc1Cl. The summed E-state index contributed by atoms with van der Waals surface area (Å²) in [7, 11) is 0. The van der Waals surface area contributed by atoms with Crippen LogP contribution in [0.4, 0.5) is 0 Å². The Morgan fingerprint density at radius 1 is 1.75 bits per heavy atom. The van der Waals surface area contributed by atoms with Gasteiger partial charge in [0, 0.05) is 6.20 Å². The van der Waals surface area contributed by atoms with Crippen LogP contribution in [0.5, 0.6) is 0 Å². The molecule has 84 valence electrons. The third-order valence-corrected chi connectivity index (χ3v) is 2.44. The quantitative estimate of drug-likeness (QED) is 0.757. The number of carbonyl (C=O) groups excluding carboxylic acids is 1. The minimum Gasteiger partial charge on any atom is -0.465 e. The molecule has 1 heterocycles. The maximum atomic E-state index is 11.7. The molecule has 1 unspecified atom stereocenters. The molecule has 5 heteroatoms. The van der Waals surface area contributed by atoms with Gasteiger partial charge in [0.15, 0.2) is 5.41 Å². The van der Waals surface area contributed by atoms with E-state index in [1.54, 1.807) is 19.1 Å². The first-order chi connectivity index (χ1) is 7.56. The maximum Gasteiger partial charge on any atom is 0.332 e. The normalized spacial score (nSPS) is 13.6. The Balaban J connectivity index is 3.21. The Bertz CT molecular complexity index is 442. The predicted molar refractivity (Wildman–Crippen MR) is 58.8 cm³/mol. The van der Waals surface area contributed by atoms with Crippen LogP contribution in [-0.4, -0.2) is 17.6 Å². The van der Waals surface area contributed by atoms with E-state index < -0.39 is 11.4 Å². The van der Waals surface area contributed by atoms with Crippen LogP contribution in [0.1, 0.15) is 19.5 Å². The molecule has 1 atom stereocenters. The Kier molecular flexibility index (Phi) is 3.86. The highest BCUT2D eigenvalue weighted by atomic mass is 35.5. The van der Waals surface area contributed by atoms with Crippen molar-refractivity contribution in [2.45, 2.75) is 19.3 Å². The van der Waals surface area contributed by atoms with Gasteiger partial charge in [-0.1, -0.05) is 11.6 Å². The number of halogens is 1. The average molecular weight is 239 g/mol. The van der Waals surface area contributed by atoms with Crippen molar-refractivity contribution in [2.24, 2.45) is 0 Å². The number of carbonyl (C=O) groups is 1. The first-order valence-corrected chi connectivity index (χ1v) is 5.13. The van der Waals surface area contributed by atoms with E-state index >= 15 is 0 Å². The van der Waals surface area contributed by atoms with Crippen LogP contribution < -0.4 is 0 Å². The van der Waals surface area contributed by atoms with Gasteiger partial charge in [-0.15, -0.1) is 0 Å². The van der Waals surface area contributed by atoms with Crippen LogP contribution >= 0.6 is 11.6 Å². The first-order valence-electron chi connectivity index (χ1n) is 4.75. The predicted octanol–water partition coefficient (Wildman–Crippen LogP) is 2.08. The van der Waals surface area contributed by atoms with Crippen LogP contribution in [-0.2, 0) is 14.9 Å². The van der Waals surface area contributed by atoms with E-state index in [2.05, 4.69) is 4.98 Å². The number of pyridine rings is 1. The average Bonchev–Trinajstić information content (AvgIpc) is 2.29. The summed E-state index contributed by atoms with van der Waals surface area (Å²) in [6, 6.07) is 5.11. The van der Waals surface area contributed by atoms with Gasteiger partial charge in [0.2, 0.25) is 0 Å². The van der Waals surface area contributed by atoms with Gasteiger partial charge in [-0.3, -0.25) is 4.98 Å². The molecule has 16 heavy (non-hydrogen) atoms. The van der Waals surface area contributed by atoms with E-state index in [9.17, 15) is 4.79 Å². The molecule has 1 rings (SSSR count). The van der Waals surface area contributed by atoms with Gasteiger partial charge >= 0.3 is 5.97 Å². The molecule has 0 saturated heterocycles. The van der Waals surface area contributed by atoms with Crippen molar-refractivity contribution in [3.63, 3.8) is 0 Å². The van der Waals surface area contributed by atoms with Gasteiger partial charge in [0.25, 0.3) is 0 Å². The Labute approximate surface area is 98.8 Å². The summed E-state index contributed by atoms with van der Waals surface area (Å²) in [4.78, 5) is 15.7. The van der Waals surface area contributed by atoms with Gasteiger partial charge in [-0.2, -0.15) is 5.26 Å². The monoisotopic (exact) mass is 238 g/mol. The Morgan fingerprint density at radius 3 is 2.94 bits per heavy atom. The molecular formula is C11H11ClN2O2. The zero-order chi connectivity index (χ0) is 12.2. The fraction of sp³-hybridized carbons (Fsp3) is 0.364. The van der Waals surface area contributed by atoms with Gasteiger partial charge in [-0.25, -0.2) is 4.79 Å². The van der Waals surface area contributed by atoms with Crippen molar-refractivity contribution in [3.8, 4) is 6.07 Å². The van der Waals surface area contributed by atoms with Crippen molar-refractivity contribution >= 4 is 17.6 Å². The third-order valence-electron chi connectivity index (χ3n) is 2.14. The van der Waals surface area contributed by atoms with E-state index in [0.717, 1.165) is 0 Å². The molecule has 0 fully saturated rings. The summed E-state index contributed by atoms with van der Waals surface area (Å²) >= 11 is 5.91. The lowest BCUT2D eigenvalue weighted by Crippen LogP contribution is -2.34. The summed E-state index contributed by atoms with van der Waals surface area (Å²) in [5.41, 5.74) is -1.24. The number of rotatable bonds is 3. The molecule has 0 spiro atoms. The first kappa shape index (κ1) is 12.5. The summed E-state index contributed by atoms with van der Waals surface area (Å²) in [5, 5.41) is 9.39. The molecule has 0 radical (unpaired) electrons. The lowest BCUT2D eigenvalue weighted by molar-refractivity contribution is -0.147. The zero-order valence-corrected chi connectivity index (χ0v) is 9.78. The molecule has 4 nitrogen and oxygen atoms in total. The summed E-state index contributed by atoms with van der Waals surface area (Å²) in [6.07, 6.45) is 1.48. The van der Waals surface area contributed by atoms with Crippen molar-refractivity contribution in [1.82, 2.24) is 4.98 Å². The highest BCUT2D eigenvalue weighted by Gasteiger charge is 2.40. The maximum absolute atomic E-state index is 11.7. The van der Waals surface area contributed by atoms with Crippen molar-refractivity contribution in [1.29, 1.82) is 5.26 Å². The van der Waals surface area contributed by atoms with Crippen LogP contribution in [0.3, 0.4) is 0 Å². The van der Waals surface area contributed by atoms with Crippen LogP contribution in [0.25, 0.3) is 0 Å². The summed E-state index contributed by atoms with van der Waals surface area (Å²) < 4.78 is 4.85. The second-order valence-corrected chi connectivity index (χ2v) is 3.70. The number of hydrogen-bond acceptors (Lipinski definition) is 4. The fourth-order valence-corrected chi connectivity index (χ4v) is 1.53. The molecule has 0 amide bonds. The summed E-state index contributed by atoms with van der Waals surface area (Å²) in [5.74, 6) is -0.641. The molecule has 0 aliphatic heterocycles. The second-order valence-electron chi connectivity index (χ2n) is 3.29. The highest BCUT2D eigenvalue weighted by Crippen LogP contribution is 2.28. The van der Waals surface area contributed by atoms with Gasteiger partial charge < -0.3 is 4.74 Å². The molecule has 0 aliphatic carbocycles. The smallest absolute Gasteiger partial charge is 0.332 e. The second kappa shape index (κ2) is 4.95. The van der Waals surface area contributed by atoms with Crippen molar-refractivity contribution in [2.75, 3.05) is 6.61 Å². The molecular weight excluding hydrogens is 228 g/mol. The topological polar surface area (TPSA) is 63.0 Å². The molecule has 1 aromatic rings. The number of nitriles is 1. The van der Waals surface area contributed by atoms with E-state index in [1.165, 1.54) is 13.1 Å². The largest absolute Gasteiger partial charge is 0.465 e. The van der Waals surface area contributed by atoms with Gasteiger partial charge in [0.05, 0.1) is 23.4 Å². The minimum absolute atomic E-state index is 0.209. The molecule has 0 N–H and O–H groups in total. The third kappa shape index (κ3) is 2.15. The number of nitrogens with zero attached hydrogens (tertiary/aromatic N) is 2. The number of hydrogen-bond donors (Lipinski definition) is 0. The van der Waals surface area contributed by atoms with E-state index in [1.807, 2.05) is 6.07 Å². The lowest BCUT2D eigenvalue weighted by Gasteiger charge is -2.19. The highest BCUT2D eigenvalue weighted by molar-refractivity contribution is 6.31. The Morgan fingerprint density at radius 2 is 2.44 bits per heavy atom. The van der Waals surface area contributed by atoms with Crippen molar-refractivity contribution < 1.29 is 9.53 Å². The van der Waals surface area contributed by atoms with Gasteiger partial charge in [-0.05, 0) is 26.0 Å². The van der Waals surface area contributed by atoms with E-state index in [-0.39, 0.29) is 17.3 Å². The fourth-order valence-electron chi connectivity index (χ4n) is 1.22. The van der Waals surface area contributed by atoms with Crippen LogP contribution in [0.15, 0.2) is 18.3 Å². The number of aromatic nitrogens is 1. The van der Waals surface area contributed by atoms with Gasteiger partial charge in [0.1, 0.15) is 0 Å². The molecule has 0 saturated carbocycles. The number of esters is 1. The van der Waals surface area contributed by atoms with E-state index in [0.29, 0.717) is 0 Å². The minimum atomic E-state index is -1.46. The van der Waals surface area contributed by atoms with Crippen LogP contribution in [0.2, 0.25) is 5.02 Å². The summed E-state index contributed by atoms with van der Waals surface area (Å²) in [6.45, 7) is 3.33. The van der Waals surface area contributed by atoms with Crippen molar-refractivity contribution in [3.05, 3.63) is 29.0 Å². The molecule has 0 aliphatic rings. The lowest BCUT2D eigenvalue weighted by atomic mass is 9.88. The molecule has 0 aromatic carbocycles. The standard InChI is InChI=1S/C11H11ClN2O2/c1-3-16-10(15)11(2,7-13)9-8(12)5-4-6-14-9/h4-6H,3H2,1-2H3. The number of ether oxygens (including phenoxy) is 1. The van der Waals surface area contributed by atoms with E-state index in [4.69, 9.17) is 21.6 Å².